The van der Waals surface area contributed by atoms with Gasteiger partial charge in [-0.05, 0) is 24.6 Å². The summed E-state index contributed by atoms with van der Waals surface area (Å²) < 4.78 is 0. The van der Waals surface area contributed by atoms with E-state index in [0.717, 1.165) is 19.4 Å². The van der Waals surface area contributed by atoms with Gasteiger partial charge >= 0.3 is 0 Å². The number of allylic oxidation sites excluding steroid dienone is 2. The minimum atomic E-state index is 0.718. The maximum Gasteiger partial charge on any atom is 0.0266 e. The lowest BCUT2D eigenvalue weighted by atomic mass is 10.1. The molecule has 2 heteroatoms. The third-order valence-corrected chi connectivity index (χ3v) is 1.40. The minimum Gasteiger partial charge on any atom is -0.330 e. The van der Waals surface area contributed by atoms with E-state index in [2.05, 4.69) is 11.1 Å². The van der Waals surface area contributed by atoms with Crippen LogP contribution in [0.4, 0.5) is 0 Å². The van der Waals surface area contributed by atoms with Gasteiger partial charge in [0.15, 0.2) is 0 Å². The highest BCUT2D eigenvalue weighted by molar-refractivity contribution is 5.61. The van der Waals surface area contributed by atoms with Crippen LogP contribution in [-0.2, 0) is 0 Å². The van der Waals surface area contributed by atoms with Crippen LogP contribution in [0.1, 0.15) is 12.8 Å². The molecule has 0 saturated carbocycles. The Hall–Kier alpha value is -0.890. The Morgan fingerprint density at radius 1 is 1.60 bits per heavy atom. The van der Waals surface area contributed by atoms with E-state index in [1.54, 1.807) is 0 Å². The third-order valence-electron chi connectivity index (χ3n) is 1.40. The summed E-state index contributed by atoms with van der Waals surface area (Å²) >= 11 is 0. The Morgan fingerprint density at radius 2 is 2.50 bits per heavy atom. The molecule has 0 unspecified atom stereocenters. The van der Waals surface area contributed by atoms with Gasteiger partial charge in [0.1, 0.15) is 0 Å². The SMILES string of the molecule is NCCC1=CCC=NC=C1. The van der Waals surface area contributed by atoms with Crippen molar-refractivity contribution in [2.24, 2.45) is 10.7 Å². The molecule has 54 valence electrons. The third kappa shape index (κ3) is 2.15. The molecule has 10 heavy (non-hydrogen) atoms. The summed E-state index contributed by atoms with van der Waals surface area (Å²) in [6.45, 7) is 0.718. The first-order valence-corrected chi connectivity index (χ1v) is 3.51. The topological polar surface area (TPSA) is 38.4 Å². The molecular weight excluding hydrogens is 124 g/mol. The van der Waals surface area contributed by atoms with E-state index in [0.29, 0.717) is 0 Å². The zero-order valence-electron chi connectivity index (χ0n) is 5.96. The lowest BCUT2D eigenvalue weighted by molar-refractivity contribution is 0.969. The molecule has 1 aliphatic heterocycles. The Labute approximate surface area is 61.1 Å². The van der Waals surface area contributed by atoms with Crippen molar-refractivity contribution >= 4 is 6.21 Å². The zero-order valence-corrected chi connectivity index (χ0v) is 5.96. The average Bonchev–Trinajstić information content (AvgIpc) is 2.17. The van der Waals surface area contributed by atoms with Gasteiger partial charge < -0.3 is 5.73 Å². The molecule has 2 N–H and O–H groups in total. The molecule has 0 saturated heterocycles. The van der Waals surface area contributed by atoms with Crippen LogP contribution >= 0.6 is 0 Å². The number of nitrogens with zero attached hydrogens (tertiary/aromatic N) is 1. The Morgan fingerprint density at radius 3 is 3.30 bits per heavy atom. The summed E-state index contributed by atoms with van der Waals surface area (Å²) in [5.74, 6) is 0. The number of nitrogens with two attached hydrogens (primary N) is 1. The van der Waals surface area contributed by atoms with Crippen molar-refractivity contribution < 1.29 is 0 Å². The van der Waals surface area contributed by atoms with Crippen molar-refractivity contribution in [3.63, 3.8) is 0 Å². The molecule has 0 radical (unpaired) electrons. The summed E-state index contributed by atoms with van der Waals surface area (Å²) in [5.41, 5.74) is 6.69. The normalized spacial score (nSPS) is 16.7. The van der Waals surface area contributed by atoms with Crippen molar-refractivity contribution in [1.29, 1.82) is 0 Å². The van der Waals surface area contributed by atoms with E-state index >= 15 is 0 Å². The highest BCUT2D eigenvalue weighted by Gasteiger charge is 1.90. The van der Waals surface area contributed by atoms with Crippen molar-refractivity contribution in [3.05, 3.63) is 23.9 Å². The van der Waals surface area contributed by atoms with Gasteiger partial charge in [-0.3, -0.25) is 4.99 Å². The minimum absolute atomic E-state index is 0.718. The van der Waals surface area contributed by atoms with Crippen LogP contribution in [0.25, 0.3) is 0 Å². The van der Waals surface area contributed by atoms with E-state index in [9.17, 15) is 0 Å². The number of hydrogen-bond acceptors (Lipinski definition) is 2. The molecule has 0 aromatic heterocycles. The molecule has 0 aliphatic carbocycles. The summed E-state index contributed by atoms with van der Waals surface area (Å²) in [6.07, 6.45) is 9.76. The summed E-state index contributed by atoms with van der Waals surface area (Å²) in [5, 5.41) is 0. The molecule has 0 atom stereocenters. The van der Waals surface area contributed by atoms with Crippen molar-refractivity contribution in [1.82, 2.24) is 0 Å². The second-order valence-corrected chi connectivity index (χ2v) is 2.20. The largest absolute Gasteiger partial charge is 0.330 e. The fraction of sp³-hybridized carbons (Fsp3) is 0.375. The van der Waals surface area contributed by atoms with Crippen molar-refractivity contribution in [2.45, 2.75) is 12.8 Å². The van der Waals surface area contributed by atoms with Gasteiger partial charge in [0.2, 0.25) is 0 Å². The first-order chi connectivity index (χ1) is 4.93. The van der Waals surface area contributed by atoms with E-state index in [1.165, 1.54) is 5.57 Å². The standard InChI is InChI=1S/C8H12N2/c9-5-3-8-2-1-6-10-7-4-8/h2,4,6-7H,1,3,5,9H2. The number of rotatable bonds is 2. The van der Waals surface area contributed by atoms with Crippen LogP contribution in [0.3, 0.4) is 0 Å². The van der Waals surface area contributed by atoms with E-state index in [4.69, 9.17) is 5.73 Å². The molecular formula is C8H12N2. The molecule has 0 fully saturated rings. The highest BCUT2D eigenvalue weighted by Crippen LogP contribution is 2.05. The zero-order chi connectivity index (χ0) is 7.23. The molecule has 1 heterocycles. The fourth-order valence-corrected chi connectivity index (χ4v) is 0.885. The van der Waals surface area contributed by atoms with Crippen LogP contribution in [0.15, 0.2) is 28.9 Å². The predicted molar refractivity (Wildman–Crippen MR) is 44.0 cm³/mol. The van der Waals surface area contributed by atoms with Crippen LogP contribution in [0.5, 0.6) is 0 Å². The number of aliphatic imine (C=N–C) groups is 1. The smallest absolute Gasteiger partial charge is 0.0266 e. The maximum atomic E-state index is 5.39. The number of hydrogen-bond donors (Lipinski definition) is 1. The van der Waals surface area contributed by atoms with Gasteiger partial charge in [0, 0.05) is 18.8 Å². The van der Waals surface area contributed by atoms with Gasteiger partial charge in [0.05, 0.1) is 0 Å². The molecule has 1 rings (SSSR count). The van der Waals surface area contributed by atoms with Crippen molar-refractivity contribution in [3.8, 4) is 0 Å². The maximum absolute atomic E-state index is 5.39. The van der Waals surface area contributed by atoms with Crippen LogP contribution < -0.4 is 5.73 Å². The quantitative estimate of drug-likeness (QED) is 0.609. The fourth-order valence-electron chi connectivity index (χ4n) is 0.885. The highest BCUT2D eigenvalue weighted by atomic mass is 14.7. The van der Waals surface area contributed by atoms with Gasteiger partial charge in [-0.15, -0.1) is 0 Å². The second-order valence-electron chi connectivity index (χ2n) is 2.20. The summed E-state index contributed by atoms with van der Waals surface area (Å²) in [6, 6.07) is 0. The first-order valence-electron chi connectivity index (χ1n) is 3.51. The van der Waals surface area contributed by atoms with Crippen LogP contribution in [0, 0.1) is 0 Å². The Kier molecular flexibility index (Phi) is 2.90. The van der Waals surface area contributed by atoms with Gasteiger partial charge in [-0.2, -0.15) is 0 Å². The molecule has 0 aromatic rings. The first kappa shape index (κ1) is 7.22. The van der Waals surface area contributed by atoms with Gasteiger partial charge in [-0.1, -0.05) is 6.08 Å². The summed E-state index contributed by atoms with van der Waals surface area (Å²) in [4.78, 5) is 4.00. The van der Waals surface area contributed by atoms with E-state index < -0.39 is 0 Å². The lowest BCUT2D eigenvalue weighted by Gasteiger charge is -1.94. The summed E-state index contributed by atoms with van der Waals surface area (Å²) in [7, 11) is 0. The van der Waals surface area contributed by atoms with Crippen molar-refractivity contribution in [2.75, 3.05) is 6.54 Å². The molecule has 2 nitrogen and oxygen atoms in total. The monoisotopic (exact) mass is 136 g/mol. The Bertz CT molecular complexity index is 178. The van der Waals surface area contributed by atoms with Crippen LogP contribution in [0.2, 0.25) is 0 Å². The lowest BCUT2D eigenvalue weighted by Crippen LogP contribution is -1.98. The average molecular weight is 136 g/mol. The van der Waals surface area contributed by atoms with Crippen LogP contribution in [-0.4, -0.2) is 12.8 Å². The molecule has 0 amide bonds. The molecule has 1 aliphatic rings. The van der Waals surface area contributed by atoms with Gasteiger partial charge in [0.25, 0.3) is 0 Å². The molecule has 0 aromatic carbocycles. The van der Waals surface area contributed by atoms with E-state index in [-0.39, 0.29) is 0 Å². The molecule has 0 spiro atoms. The van der Waals surface area contributed by atoms with E-state index in [1.807, 2.05) is 18.5 Å². The second kappa shape index (κ2) is 4.01. The predicted octanol–water partition coefficient (Wildman–Crippen LogP) is 1.25. The Balaban J connectivity index is 2.51. The molecule has 0 bridgehead atoms. The van der Waals surface area contributed by atoms with Gasteiger partial charge in [-0.25, -0.2) is 0 Å².